The summed E-state index contributed by atoms with van der Waals surface area (Å²) in [4.78, 5) is 25.1. The van der Waals surface area contributed by atoms with Crippen LogP contribution in [-0.2, 0) is 9.53 Å². The van der Waals surface area contributed by atoms with E-state index in [4.69, 9.17) is 14.2 Å². The van der Waals surface area contributed by atoms with Crippen LogP contribution in [0.1, 0.15) is 44.7 Å². The molecule has 27 heavy (non-hydrogen) atoms. The number of esters is 1. The van der Waals surface area contributed by atoms with Crippen molar-refractivity contribution in [1.29, 1.82) is 0 Å². The van der Waals surface area contributed by atoms with Gasteiger partial charge in [0.05, 0.1) is 11.6 Å². The van der Waals surface area contributed by atoms with Crippen LogP contribution in [0.3, 0.4) is 0 Å². The maximum absolute atomic E-state index is 13.0. The topological polar surface area (TPSA) is 85.9 Å². The van der Waals surface area contributed by atoms with E-state index in [0.29, 0.717) is 38.7 Å². The highest BCUT2D eigenvalue weighted by Gasteiger charge is 2.36. The van der Waals surface area contributed by atoms with Crippen molar-refractivity contribution < 1.29 is 23.8 Å². The lowest BCUT2D eigenvalue weighted by Gasteiger charge is -2.30. The maximum atomic E-state index is 13.0. The molecule has 144 valence electrons. The van der Waals surface area contributed by atoms with Gasteiger partial charge in [-0.2, -0.15) is 0 Å². The number of carbonyl (C=O) groups is 2. The minimum absolute atomic E-state index is 0.0868. The second-order valence-corrected chi connectivity index (χ2v) is 8.00. The third-order valence-electron chi connectivity index (χ3n) is 5.33. The van der Waals surface area contributed by atoms with Crippen LogP contribution in [0, 0.1) is 5.92 Å². The molecule has 2 aliphatic heterocycles. The van der Waals surface area contributed by atoms with E-state index in [9.17, 15) is 9.59 Å². The Morgan fingerprint density at radius 3 is 2.70 bits per heavy atom. The zero-order chi connectivity index (χ0) is 19.1. The predicted molar refractivity (Wildman–Crippen MR) is 100 cm³/mol. The number of carbonyl (C=O) groups excluding carboxylic acids is 2. The van der Waals surface area contributed by atoms with E-state index in [1.165, 1.54) is 0 Å². The SMILES string of the molecule is CC1=C(C(=O)O[C@@H]2CCC[C@H]2C)[C@H](c2cc3c(cc2Br)OCO3)NC(=O)N1. The number of hydrogen-bond acceptors (Lipinski definition) is 5. The maximum Gasteiger partial charge on any atom is 0.338 e. The number of allylic oxidation sites excluding steroid dienone is 1. The van der Waals surface area contributed by atoms with Gasteiger partial charge in [0.2, 0.25) is 6.79 Å². The highest BCUT2D eigenvalue weighted by molar-refractivity contribution is 9.10. The van der Waals surface area contributed by atoms with Gasteiger partial charge in [-0.15, -0.1) is 0 Å². The molecule has 2 amide bonds. The molecule has 0 bridgehead atoms. The second kappa shape index (κ2) is 7.07. The summed E-state index contributed by atoms with van der Waals surface area (Å²) in [5.41, 5.74) is 1.59. The molecule has 8 heteroatoms. The average molecular weight is 437 g/mol. The first-order valence-electron chi connectivity index (χ1n) is 9.02. The minimum Gasteiger partial charge on any atom is -0.459 e. The monoisotopic (exact) mass is 436 g/mol. The summed E-state index contributed by atoms with van der Waals surface area (Å²) >= 11 is 3.52. The molecule has 7 nitrogen and oxygen atoms in total. The molecule has 3 atom stereocenters. The van der Waals surface area contributed by atoms with Crippen LogP contribution < -0.4 is 20.1 Å². The van der Waals surface area contributed by atoms with Crippen LogP contribution in [0.4, 0.5) is 4.79 Å². The van der Waals surface area contributed by atoms with Crippen LogP contribution >= 0.6 is 15.9 Å². The van der Waals surface area contributed by atoms with Gasteiger partial charge < -0.3 is 24.8 Å². The third-order valence-corrected chi connectivity index (χ3v) is 6.02. The highest BCUT2D eigenvalue weighted by atomic mass is 79.9. The molecular formula is C19H21BrN2O5. The first-order valence-corrected chi connectivity index (χ1v) is 9.81. The molecule has 0 unspecified atom stereocenters. The Kier molecular flexibility index (Phi) is 4.75. The Labute approximate surface area is 165 Å². The second-order valence-electron chi connectivity index (χ2n) is 7.15. The molecule has 1 fully saturated rings. The number of urea groups is 1. The lowest BCUT2D eigenvalue weighted by atomic mass is 9.95. The van der Waals surface area contributed by atoms with E-state index in [-0.39, 0.29) is 18.9 Å². The van der Waals surface area contributed by atoms with Gasteiger partial charge in [0, 0.05) is 10.2 Å². The van der Waals surface area contributed by atoms with Crippen molar-refractivity contribution in [2.24, 2.45) is 5.92 Å². The summed E-state index contributed by atoms with van der Waals surface area (Å²) in [7, 11) is 0. The van der Waals surface area contributed by atoms with E-state index in [2.05, 4.69) is 33.5 Å². The van der Waals surface area contributed by atoms with E-state index < -0.39 is 12.0 Å². The van der Waals surface area contributed by atoms with E-state index in [1.807, 2.05) is 0 Å². The first kappa shape index (κ1) is 18.2. The molecule has 0 aromatic heterocycles. The van der Waals surface area contributed by atoms with Gasteiger partial charge in [-0.25, -0.2) is 9.59 Å². The van der Waals surface area contributed by atoms with Crippen molar-refractivity contribution in [2.45, 2.75) is 45.3 Å². The van der Waals surface area contributed by atoms with Crippen molar-refractivity contribution in [3.63, 3.8) is 0 Å². The molecule has 0 spiro atoms. The van der Waals surface area contributed by atoms with Crippen LogP contribution in [-0.4, -0.2) is 24.9 Å². The van der Waals surface area contributed by atoms with Crippen molar-refractivity contribution in [3.8, 4) is 11.5 Å². The normalized spacial score (nSPS) is 26.6. The number of amides is 2. The number of rotatable bonds is 3. The van der Waals surface area contributed by atoms with Crippen molar-refractivity contribution in [3.05, 3.63) is 33.4 Å². The van der Waals surface area contributed by atoms with Crippen molar-refractivity contribution in [2.75, 3.05) is 6.79 Å². The van der Waals surface area contributed by atoms with Gasteiger partial charge in [-0.3, -0.25) is 0 Å². The molecule has 1 saturated carbocycles. The fourth-order valence-electron chi connectivity index (χ4n) is 3.84. The van der Waals surface area contributed by atoms with Crippen molar-refractivity contribution >= 4 is 27.9 Å². The molecule has 1 aromatic carbocycles. The quantitative estimate of drug-likeness (QED) is 0.707. The Bertz CT molecular complexity index is 838. The minimum atomic E-state index is -0.646. The fraction of sp³-hybridized carbons (Fsp3) is 0.474. The van der Waals surface area contributed by atoms with Gasteiger partial charge in [0.15, 0.2) is 11.5 Å². The molecule has 3 aliphatic rings. The van der Waals surface area contributed by atoms with Gasteiger partial charge in [0.1, 0.15) is 6.10 Å². The molecular weight excluding hydrogens is 416 g/mol. The van der Waals surface area contributed by atoms with Gasteiger partial charge in [-0.05, 0) is 49.8 Å². The van der Waals surface area contributed by atoms with Crippen LogP contribution in [0.5, 0.6) is 11.5 Å². The van der Waals surface area contributed by atoms with Crippen LogP contribution in [0.15, 0.2) is 27.9 Å². The Hall–Kier alpha value is -2.22. The summed E-state index contributed by atoms with van der Waals surface area (Å²) in [6, 6.07) is 2.55. The molecule has 2 N–H and O–H groups in total. The fourth-order valence-corrected chi connectivity index (χ4v) is 4.39. The number of halogens is 1. The lowest BCUT2D eigenvalue weighted by molar-refractivity contribution is -0.146. The molecule has 0 radical (unpaired) electrons. The first-order chi connectivity index (χ1) is 12.9. The summed E-state index contributed by atoms with van der Waals surface area (Å²) in [5.74, 6) is 1.14. The van der Waals surface area contributed by atoms with E-state index in [0.717, 1.165) is 19.3 Å². The number of hydrogen-bond donors (Lipinski definition) is 2. The standard InChI is InChI=1S/C19H21BrN2O5/c1-9-4-3-5-13(9)27-18(23)16-10(2)21-19(24)22-17(16)11-6-14-15(7-12(11)20)26-8-25-14/h6-7,9,13,17H,3-5,8H2,1-2H3,(H2,21,22,24)/t9-,13-,17+/m1/s1. The number of fused-ring (bicyclic) bond motifs is 1. The lowest BCUT2D eigenvalue weighted by Crippen LogP contribution is -2.45. The smallest absolute Gasteiger partial charge is 0.338 e. The van der Waals surface area contributed by atoms with E-state index >= 15 is 0 Å². The summed E-state index contributed by atoms with van der Waals surface area (Å²) in [6.07, 6.45) is 2.90. The Morgan fingerprint density at radius 2 is 2.00 bits per heavy atom. The number of benzene rings is 1. The largest absolute Gasteiger partial charge is 0.459 e. The average Bonchev–Trinajstić information content (AvgIpc) is 3.22. The van der Waals surface area contributed by atoms with Gasteiger partial charge >= 0.3 is 12.0 Å². The number of ether oxygens (including phenoxy) is 3. The summed E-state index contributed by atoms with van der Waals surface area (Å²) < 4.78 is 17.3. The van der Waals surface area contributed by atoms with Crippen LogP contribution in [0.25, 0.3) is 0 Å². The Morgan fingerprint density at radius 1 is 1.26 bits per heavy atom. The van der Waals surface area contributed by atoms with E-state index in [1.54, 1.807) is 19.1 Å². The molecule has 2 heterocycles. The molecule has 0 saturated heterocycles. The zero-order valence-electron chi connectivity index (χ0n) is 15.1. The molecule has 1 aromatic rings. The van der Waals surface area contributed by atoms with Crippen molar-refractivity contribution in [1.82, 2.24) is 10.6 Å². The highest BCUT2D eigenvalue weighted by Crippen LogP contribution is 2.42. The Balaban J connectivity index is 1.68. The zero-order valence-corrected chi connectivity index (χ0v) is 16.7. The third kappa shape index (κ3) is 3.38. The molecule has 4 rings (SSSR count). The predicted octanol–water partition coefficient (Wildman–Crippen LogP) is 3.54. The van der Waals surface area contributed by atoms with Crippen LogP contribution in [0.2, 0.25) is 0 Å². The van der Waals surface area contributed by atoms with Gasteiger partial charge in [-0.1, -0.05) is 22.9 Å². The van der Waals surface area contributed by atoms with Gasteiger partial charge in [0.25, 0.3) is 0 Å². The number of nitrogens with one attached hydrogen (secondary N) is 2. The molecule has 1 aliphatic carbocycles. The summed E-state index contributed by atoms with van der Waals surface area (Å²) in [6.45, 7) is 3.95. The summed E-state index contributed by atoms with van der Waals surface area (Å²) in [5, 5.41) is 5.50.